The van der Waals surface area contributed by atoms with Crippen LogP contribution < -0.4 is 11.1 Å². The Bertz CT molecular complexity index is 659. The molecular formula is C20H28N2O4. The van der Waals surface area contributed by atoms with Crippen LogP contribution in [0.15, 0.2) is 24.3 Å². The van der Waals surface area contributed by atoms with Gasteiger partial charge in [0.25, 0.3) is 5.91 Å². The van der Waals surface area contributed by atoms with Crippen LogP contribution in [0, 0.1) is 11.3 Å². The number of carbonyl (C=O) groups excluding carboxylic acids is 3. The smallest absolute Gasteiger partial charge is 0.311 e. The highest BCUT2D eigenvalue weighted by molar-refractivity contribution is 6.41. The Hall–Kier alpha value is -2.21. The number of nitrogens with one attached hydrogen (secondary N) is 1. The zero-order valence-electron chi connectivity index (χ0n) is 15.7. The fourth-order valence-corrected chi connectivity index (χ4v) is 3.71. The number of nitrogens with two attached hydrogens (primary N) is 1. The van der Waals surface area contributed by atoms with E-state index in [1.807, 2.05) is 38.1 Å². The first kappa shape index (κ1) is 20.1. The topological polar surface area (TPSA) is 98.5 Å². The molecule has 1 aliphatic rings. The number of methoxy groups -OCH3 is 1. The number of amides is 1. The average Bonchev–Trinajstić information content (AvgIpc) is 2.67. The van der Waals surface area contributed by atoms with Crippen molar-refractivity contribution in [3.63, 3.8) is 0 Å². The number of hydrogen-bond donors (Lipinski definition) is 2. The summed E-state index contributed by atoms with van der Waals surface area (Å²) in [6, 6.07) is 7.58. The van der Waals surface area contributed by atoms with Gasteiger partial charge < -0.3 is 15.8 Å². The molecule has 0 unspecified atom stereocenters. The second-order valence-corrected chi connectivity index (χ2v) is 7.47. The van der Waals surface area contributed by atoms with Crippen molar-refractivity contribution in [2.75, 3.05) is 19.0 Å². The quantitative estimate of drug-likeness (QED) is 0.600. The Labute approximate surface area is 154 Å². The Balaban J connectivity index is 1.94. The van der Waals surface area contributed by atoms with Crippen LogP contribution in [-0.4, -0.2) is 31.3 Å². The van der Waals surface area contributed by atoms with Gasteiger partial charge in [0, 0.05) is 5.69 Å². The largest absolute Gasteiger partial charge is 0.469 e. The second-order valence-electron chi connectivity index (χ2n) is 7.47. The van der Waals surface area contributed by atoms with E-state index in [2.05, 4.69) is 5.32 Å². The van der Waals surface area contributed by atoms with Crippen LogP contribution >= 0.6 is 0 Å². The minimum absolute atomic E-state index is 0.145. The zero-order chi connectivity index (χ0) is 19.3. The molecule has 0 radical (unpaired) electrons. The molecule has 1 fully saturated rings. The Morgan fingerprint density at radius 2 is 1.69 bits per heavy atom. The van der Waals surface area contributed by atoms with Crippen LogP contribution in [0.1, 0.15) is 51.0 Å². The number of carbonyl (C=O) groups is 3. The zero-order valence-corrected chi connectivity index (χ0v) is 15.7. The van der Waals surface area contributed by atoms with Crippen molar-refractivity contribution in [2.45, 2.75) is 45.4 Å². The van der Waals surface area contributed by atoms with Crippen LogP contribution in [0.25, 0.3) is 0 Å². The first-order valence-corrected chi connectivity index (χ1v) is 9.02. The van der Waals surface area contributed by atoms with E-state index >= 15 is 0 Å². The summed E-state index contributed by atoms with van der Waals surface area (Å²) >= 11 is 0. The Kier molecular flexibility index (Phi) is 6.53. The Morgan fingerprint density at radius 1 is 1.12 bits per heavy atom. The molecule has 3 N–H and O–H groups in total. The first-order chi connectivity index (χ1) is 12.3. The number of ether oxygens (including phenoxy) is 1. The van der Waals surface area contributed by atoms with Gasteiger partial charge in [0.1, 0.15) is 0 Å². The lowest BCUT2D eigenvalue weighted by atomic mass is 9.67. The molecule has 2 rings (SSSR count). The standard InChI is InChI=1S/C20H28N2O4/c1-20(2,19(25)26-3)15-8-4-13(5-9-15)14-6-10-16(11-7-14)22-18(24)17(23)12-21/h6-7,10-11,13,15H,4-5,8-9,12,21H2,1-3H3,(H,22,24). The highest BCUT2D eigenvalue weighted by Gasteiger charge is 2.39. The average molecular weight is 360 g/mol. The van der Waals surface area contributed by atoms with Gasteiger partial charge in [-0.25, -0.2) is 0 Å². The van der Waals surface area contributed by atoms with Crippen LogP contribution in [0.3, 0.4) is 0 Å². The molecule has 1 saturated carbocycles. The van der Waals surface area contributed by atoms with Gasteiger partial charge in [-0.05, 0) is 69.1 Å². The predicted molar refractivity (Wildman–Crippen MR) is 99.6 cm³/mol. The van der Waals surface area contributed by atoms with E-state index in [0.29, 0.717) is 17.5 Å². The van der Waals surface area contributed by atoms with Gasteiger partial charge in [0.2, 0.25) is 5.78 Å². The molecule has 6 nitrogen and oxygen atoms in total. The van der Waals surface area contributed by atoms with Crippen molar-refractivity contribution in [3.8, 4) is 0 Å². The molecule has 1 aliphatic carbocycles. The summed E-state index contributed by atoms with van der Waals surface area (Å²) in [5, 5.41) is 2.55. The lowest BCUT2D eigenvalue weighted by Gasteiger charge is -2.37. The van der Waals surface area contributed by atoms with Crippen molar-refractivity contribution in [2.24, 2.45) is 17.1 Å². The summed E-state index contributed by atoms with van der Waals surface area (Å²) in [6.07, 6.45) is 4.00. The molecule has 1 aromatic carbocycles. The van der Waals surface area contributed by atoms with Crippen LogP contribution in [0.4, 0.5) is 5.69 Å². The van der Waals surface area contributed by atoms with Gasteiger partial charge in [-0.2, -0.15) is 0 Å². The molecular weight excluding hydrogens is 332 g/mol. The second kappa shape index (κ2) is 8.45. The summed E-state index contributed by atoms with van der Waals surface area (Å²) in [4.78, 5) is 34.8. The third kappa shape index (κ3) is 4.49. The molecule has 0 aromatic heterocycles. The van der Waals surface area contributed by atoms with Gasteiger partial charge in [0.05, 0.1) is 19.1 Å². The van der Waals surface area contributed by atoms with Crippen molar-refractivity contribution < 1.29 is 19.1 Å². The molecule has 6 heteroatoms. The van der Waals surface area contributed by atoms with Crippen LogP contribution in [-0.2, 0) is 19.1 Å². The van der Waals surface area contributed by atoms with Gasteiger partial charge in [-0.15, -0.1) is 0 Å². The minimum Gasteiger partial charge on any atom is -0.469 e. The minimum atomic E-state index is -0.689. The van der Waals surface area contributed by atoms with Crippen molar-refractivity contribution in [3.05, 3.63) is 29.8 Å². The van der Waals surface area contributed by atoms with E-state index in [4.69, 9.17) is 10.5 Å². The van der Waals surface area contributed by atoms with Crippen LogP contribution in [0.2, 0.25) is 0 Å². The molecule has 0 atom stereocenters. The van der Waals surface area contributed by atoms with Gasteiger partial charge in [-0.1, -0.05) is 12.1 Å². The van der Waals surface area contributed by atoms with E-state index < -0.39 is 17.1 Å². The van der Waals surface area contributed by atoms with Crippen LogP contribution in [0.5, 0.6) is 0 Å². The van der Waals surface area contributed by atoms with Crippen molar-refractivity contribution >= 4 is 23.3 Å². The molecule has 1 aromatic rings. The number of esters is 1. The van der Waals surface area contributed by atoms with E-state index in [9.17, 15) is 14.4 Å². The summed E-state index contributed by atoms with van der Waals surface area (Å²) in [6.45, 7) is 3.63. The van der Waals surface area contributed by atoms with E-state index in [-0.39, 0.29) is 12.5 Å². The van der Waals surface area contributed by atoms with E-state index in [1.165, 1.54) is 12.7 Å². The van der Waals surface area contributed by atoms with Crippen molar-refractivity contribution in [1.29, 1.82) is 0 Å². The monoisotopic (exact) mass is 360 g/mol. The maximum Gasteiger partial charge on any atom is 0.311 e. The third-order valence-electron chi connectivity index (χ3n) is 5.54. The van der Waals surface area contributed by atoms with E-state index in [1.54, 1.807) is 0 Å². The summed E-state index contributed by atoms with van der Waals surface area (Å²) in [5.74, 6) is -0.707. The maximum absolute atomic E-state index is 12.0. The lowest BCUT2D eigenvalue weighted by molar-refractivity contribution is -0.154. The fraction of sp³-hybridized carbons (Fsp3) is 0.550. The number of anilines is 1. The summed E-state index contributed by atoms with van der Waals surface area (Å²) in [5.41, 5.74) is 6.52. The summed E-state index contributed by atoms with van der Waals surface area (Å²) in [7, 11) is 1.44. The number of ketones is 1. The molecule has 26 heavy (non-hydrogen) atoms. The molecule has 0 aliphatic heterocycles. The van der Waals surface area contributed by atoms with Crippen molar-refractivity contribution in [1.82, 2.24) is 0 Å². The van der Waals surface area contributed by atoms with Gasteiger partial charge in [-0.3, -0.25) is 14.4 Å². The number of hydrogen-bond acceptors (Lipinski definition) is 5. The van der Waals surface area contributed by atoms with Gasteiger partial charge >= 0.3 is 5.97 Å². The summed E-state index contributed by atoms with van der Waals surface area (Å²) < 4.78 is 4.94. The fourth-order valence-electron chi connectivity index (χ4n) is 3.71. The highest BCUT2D eigenvalue weighted by Crippen LogP contribution is 2.44. The molecule has 0 heterocycles. The molecule has 142 valence electrons. The lowest BCUT2D eigenvalue weighted by Crippen LogP contribution is -2.36. The number of Topliss-reactive ketones (excluding diaryl/α,β-unsaturated/α-hetero) is 1. The normalized spacial score (nSPS) is 20.3. The third-order valence-corrected chi connectivity index (χ3v) is 5.54. The highest BCUT2D eigenvalue weighted by atomic mass is 16.5. The molecule has 1 amide bonds. The number of benzene rings is 1. The van der Waals surface area contributed by atoms with E-state index in [0.717, 1.165) is 25.7 Å². The molecule has 0 spiro atoms. The molecule has 0 saturated heterocycles. The molecule has 0 bridgehead atoms. The Morgan fingerprint density at radius 3 is 2.19 bits per heavy atom. The van der Waals surface area contributed by atoms with Gasteiger partial charge in [0.15, 0.2) is 0 Å². The predicted octanol–water partition coefficient (Wildman–Crippen LogP) is 2.63. The first-order valence-electron chi connectivity index (χ1n) is 9.02. The maximum atomic E-state index is 12.0. The SMILES string of the molecule is COC(=O)C(C)(C)C1CCC(c2ccc(NC(=O)C(=O)CN)cc2)CC1. The number of rotatable bonds is 6.